The Morgan fingerprint density at radius 2 is 0.138 bits per heavy atom. The van der Waals surface area contributed by atoms with E-state index in [1.807, 2.05) is 0 Å². The molecule has 0 spiro atoms. The van der Waals surface area contributed by atoms with Gasteiger partial charge in [0.15, 0.2) is 0 Å². The van der Waals surface area contributed by atoms with Crippen molar-refractivity contribution < 1.29 is 0 Å². The molecule has 0 radical (unpaired) electrons. The van der Waals surface area contributed by atoms with Crippen LogP contribution in [0.15, 0.2) is 182 Å². The Morgan fingerprint density at radius 1 is 0.0750 bits per heavy atom. The molecule has 0 bridgehead atoms. The summed E-state index contributed by atoms with van der Waals surface area (Å²) >= 11 is 0. The van der Waals surface area contributed by atoms with E-state index in [0.717, 1.165) is 0 Å². The quantitative estimate of drug-likeness (QED) is 0.133. The van der Waals surface area contributed by atoms with Crippen LogP contribution >= 0.6 is 0 Å². The molecule has 80 heavy (non-hydrogen) atoms. The van der Waals surface area contributed by atoms with Crippen molar-refractivity contribution in [1.82, 2.24) is 0 Å². The fourth-order valence-corrected chi connectivity index (χ4v) is 20.2. The Hall–Kier alpha value is -10.4. The maximum atomic E-state index is 2.48. The van der Waals surface area contributed by atoms with E-state index in [9.17, 15) is 0 Å². The molecule has 0 heterocycles. The first-order valence-corrected chi connectivity index (χ1v) is 28.7. The lowest BCUT2D eigenvalue weighted by Gasteiger charge is -2.21. The highest BCUT2D eigenvalue weighted by Crippen LogP contribution is 2.68. The van der Waals surface area contributed by atoms with Crippen molar-refractivity contribution in [2.75, 3.05) is 0 Å². The zero-order valence-corrected chi connectivity index (χ0v) is 42.3. The first-order chi connectivity index (χ1) is 39.8. The molecule has 0 saturated carbocycles. The lowest BCUT2D eigenvalue weighted by atomic mass is 9.81. The van der Waals surface area contributed by atoms with Crippen molar-refractivity contribution in [3.05, 3.63) is 182 Å². The maximum absolute atomic E-state index is 2.48. The molecule has 0 aliphatic heterocycles. The lowest BCUT2D eigenvalue weighted by molar-refractivity contribution is 1.84. The predicted molar refractivity (Wildman–Crippen MR) is 350 cm³/mol. The van der Waals surface area contributed by atoms with Gasteiger partial charge in [-0.05, 0) is 269 Å². The molecule has 26 rings (SSSR count). The van der Waals surface area contributed by atoms with Crippen molar-refractivity contribution in [1.29, 1.82) is 0 Å². The van der Waals surface area contributed by atoms with E-state index < -0.39 is 0 Å². The zero-order valence-electron chi connectivity index (χ0n) is 42.3. The highest BCUT2D eigenvalue weighted by molar-refractivity contribution is 6.71. The van der Waals surface area contributed by atoms with E-state index in [1.54, 1.807) is 0 Å². The van der Waals surface area contributed by atoms with E-state index in [2.05, 4.69) is 182 Å². The van der Waals surface area contributed by atoms with Crippen LogP contribution in [0, 0.1) is 0 Å². The molecule has 26 aromatic carbocycles. The minimum Gasteiger partial charge on any atom is -0.0610 e. The summed E-state index contributed by atoms with van der Waals surface area (Å²) in [7, 11) is 0. The third kappa shape index (κ3) is 3.13. The van der Waals surface area contributed by atoms with Gasteiger partial charge in [-0.25, -0.2) is 0 Å². The predicted octanol–water partition coefficient (Wildman–Crippen LogP) is 23.2. The molecular formula is C80H30. The topological polar surface area (TPSA) is 0 Å². The second-order valence-electron chi connectivity index (χ2n) is 24.8. The van der Waals surface area contributed by atoms with Gasteiger partial charge in [0, 0.05) is 0 Å². The minimum absolute atomic E-state index is 1.35. The fourth-order valence-electron chi connectivity index (χ4n) is 20.2. The van der Waals surface area contributed by atoms with Crippen LogP contribution in [-0.4, -0.2) is 0 Å². The van der Waals surface area contributed by atoms with Gasteiger partial charge in [-0.15, -0.1) is 0 Å². The molecule has 350 valence electrons. The lowest BCUT2D eigenvalue weighted by Crippen LogP contribution is -1.92. The van der Waals surface area contributed by atoms with E-state index in [1.165, 1.54) is 269 Å². The van der Waals surface area contributed by atoms with Gasteiger partial charge in [0.2, 0.25) is 0 Å². The van der Waals surface area contributed by atoms with Gasteiger partial charge >= 0.3 is 0 Å². The Bertz CT molecular complexity index is 5950. The van der Waals surface area contributed by atoms with Crippen LogP contribution in [-0.2, 0) is 0 Å². The minimum atomic E-state index is 1.35. The summed E-state index contributed by atoms with van der Waals surface area (Å²) in [6.07, 6.45) is 0. The molecule has 26 aromatic rings. The Labute approximate surface area is 448 Å². The Balaban J connectivity index is 1.24. The summed E-state index contributed by atoms with van der Waals surface area (Å²) in [5, 5.41) is 70.2. The summed E-state index contributed by atoms with van der Waals surface area (Å²) in [4.78, 5) is 0. The fraction of sp³-hybridized carbons (Fsp3) is 0. The Kier molecular flexibility index (Phi) is 4.99. The standard InChI is InChI=1S/C80H30/c1-11-31-32-12-2-23-43-44-24-5-15-35-36-16-6-27-47-48-28-9-19-39-40-20-10-30-50-49-29-8-18-38-37-17-7-26-46-45-25-4-14-34-33-13-3-22-42-41(21-1)51(31)61-62(52(32)43)72-65(55(35)44)66(56(36)47)74-69(59(39)48)70(60(40)50)75-68(58(38)49)67(57(37)46)73-64(54(34)45)63(53(33)42)71(61)76-77(72)79(74)80(75)78(73)76/h1-30H. The molecule has 0 atom stereocenters. The first kappa shape index (κ1) is 36.6. The molecule has 0 aliphatic carbocycles. The molecule has 0 aliphatic rings. The summed E-state index contributed by atoms with van der Waals surface area (Å²) in [5.41, 5.74) is 0. The van der Waals surface area contributed by atoms with Crippen LogP contribution in [0.25, 0.3) is 269 Å². The molecule has 0 saturated heterocycles. The van der Waals surface area contributed by atoms with Gasteiger partial charge in [0.1, 0.15) is 0 Å². The first-order valence-electron chi connectivity index (χ1n) is 28.7. The molecule has 0 fully saturated rings. The van der Waals surface area contributed by atoms with Crippen LogP contribution in [0.1, 0.15) is 0 Å². The van der Waals surface area contributed by atoms with Crippen molar-refractivity contribution in [2.45, 2.75) is 0 Å². The summed E-state index contributed by atoms with van der Waals surface area (Å²) in [6.45, 7) is 0. The summed E-state index contributed by atoms with van der Waals surface area (Å²) in [6, 6.07) is 73.1. The van der Waals surface area contributed by atoms with Crippen molar-refractivity contribution in [3.8, 4) is 0 Å². The molecular weight excluding hydrogens is 961 g/mol. The number of rotatable bonds is 0. The van der Waals surface area contributed by atoms with Crippen LogP contribution in [0.5, 0.6) is 0 Å². The molecule has 0 heteroatoms. The number of hydrogen-bond acceptors (Lipinski definition) is 0. The molecule has 0 nitrogen and oxygen atoms in total. The molecule has 0 N–H and O–H groups in total. The van der Waals surface area contributed by atoms with E-state index in [-0.39, 0.29) is 0 Å². The normalized spacial score (nSPS) is 14.2. The number of fused-ring (bicyclic) bond motifs is 10. The third-order valence-electron chi connectivity index (χ3n) is 22.3. The van der Waals surface area contributed by atoms with Crippen molar-refractivity contribution in [2.24, 2.45) is 0 Å². The summed E-state index contributed by atoms with van der Waals surface area (Å²) < 4.78 is 0. The van der Waals surface area contributed by atoms with Gasteiger partial charge in [-0.3, -0.25) is 0 Å². The SMILES string of the molecule is c1cc2c3cccc4c5cccc6c7cccc8c9cccc%10c%11cccc%12c%13cccc%14c%15cccc%16c%17cccc%18c%19cccc%20c(c1)c2c1c(c34)c2c(c65)c(c78)c3c(c%109)c(c%11%12)c4c(c%14%13)c(c%15%16)c5c(c%18%17)c(c%19%20)c1c1c2c3c4c51. The summed E-state index contributed by atoms with van der Waals surface area (Å²) in [5.74, 6) is 0. The van der Waals surface area contributed by atoms with Gasteiger partial charge in [-0.2, -0.15) is 0 Å². The zero-order chi connectivity index (χ0) is 50.1. The van der Waals surface area contributed by atoms with E-state index in [4.69, 9.17) is 0 Å². The van der Waals surface area contributed by atoms with Gasteiger partial charge in [0.05, 0.1) is 0 Å². The molecule has 0 aromatic heterocycles. The van der Waals surface area contributed by atoms with Gasteiger partial charge < -0.3 is 0 Å². The number of benzene rings is 20. The van der Waals surface area contributed by atoms with Crippen LogP contribution in [0.4, 0.5) is 0 Å². The second kappa shape index (κ2) is 10.9. The van der Waals surface area contributed by atoms with Crippen molar-refractivity contribution >= 4 is 269 Å². The maximum Gasteiger partial charge on any atom is -0.0000000118 e. The van der Waals surface area contributed by atoms with E-state index >= 15 is 0 Å². The van der Waals surface area contributed by atoms with Crippen LogP contribution in [0.3, 0.4) is 0 Å². The average molecular weight is 991 g/mol. The van der Waals surface area contributed by atoms with Crippen molar-refractivity contribution in [3.63, 3.8) is 0 Å². The van der Waals surface area contributed by atoms with Crippen LogP contribution < -0.4 is 0 Å². The third-order valence-corrected chi connectivity index (χ3v) is 22.3. The molecule has 0 unspecified atom stereocenters. The average Bonchev–Trinajstić information content (AvgIpc) is 2.45. The number of hydrogen-bond donors (Lipinski definition) is 0. The van der Waals surface area contributed by atoms with Gasteiger partial charge in [-0.1, -0.05) is 182 Å². The molecule has 0 amide bonds. The second-order valence-corrected chi connectivity index (χ2v) is 24.8. The van der Waals surface area contributed by atoms with Gasteiger partial charge in [0.25, 0.3) is 0 Å². The largest absolute Gasteiger partial charge is 0.0610 e. The highest BCUT2D eigenvalue weighted by atomic mass is 14.4. The Morgan fingerprint density at radius 3 is 0.212 bits per heavy atom. The van der Waals surface area contributed by atoms with E-state index in [0.29, 0.717) is 0 Å². The monoisotopic (exact) mass is 990 g/mol. The smallest absolute Gasteiger partial charge is 0.0000000118 e. The van der Waals surface area contributed by atoms with Crippen LogP contribution in [0.2, 0.25) is 0 Å². The highest BCUT2D eigenvalue weighted by Gasteiger charge is 2.39.